The molecule has 0 N–H and O–H groups in total. The zero-order chi connectivity index (χ0) is 16.4. The number of piperidine rings is 1. The Labute approximate surface area is 135 Å². The highest BCUT2D eigenvalue weighted by Gasteiger charge is 2.31. The van der Waals surface area contributed by atoms with Gasteiger partial charge in [-0.2, -0.15) is 0 Å². The zero-order valence-corrected chi connectivity index (χ0v) is 13.3. The molecule has 1 amide bonds. The summed E-state index contributed by atoms with van der Waals surface area (Å²) in [4.78, 5) is 14.2. The summed E-state index contributed by atoms with van der Waals surface area (Å²) in [6.45, 7) is 0.697. The molecule has 0 radical (unpaired) electrons. The lowest BCUT2D eigenvalue weighted by atomic mass is 10.1. The monoisotopic (exact) mass is 339 g/mol. The van der Waals surface area contributed by atoms with Crippen LogP contribution < -0.4 is 0 Å². The lowest BCUT2D eigenvalue weighted by Gasteiger charge is -2.31. The van der Waals surface area contributed by atoms with E-state index in [4.69, 9.17) is 0 Å². The highest BCUT2D eigenvalue weighted by Crippen LogP contribution is 2.29. The van der Waals surface area contributed by atoms with E-state index in [1.54, 1.807) is 11.9 Å². The maximum Gasteiger partial charge on any atom is 0.236 e. The van der Waals surface area contributed by atoms with E-state index in [1.807, 2.05) is 0 Å². The number of likely N-dealkylation sites (tertiary alicyclic amines) is 1. The first kappa shape index (κ1) is 15.9. The van der Waals surface area contributed by atoms with Gasteiger partial charge in [-0.3, -0.25) is 4.79 Å². The standard InChI is InChI=1S/C14H15F2N5OS/c1-20-14(17-18-19-20)23-12-3-2-6-21(13(12)22)8-9-4-5-10(15)7-11(9)16/h4-5,7,12H,2-3,6,8H2,1H3/t12-/m0/s1. The molecule has 0 bridgehead atoms. The van der Waals surface area contributed by atoms with Crippen LogP contribution in [0.2, 0.25) is 0 Å². The van der Waals surface area contributed by atoms with Gasteiger partial charge < -0.3 is 4.90 Å². The van der Waals surface area contributed by atoms with Gasteiger partial charge in [0.05, 0.1) is 5.25 Å². The number of carbonyl (C=O) groups excluding carboxylic acids is 1. The minimum Gasteiger partial charge on any atom is -0.337 e. The number of hydrogen-bond donors (Lipinski definition) is 0. The molecule has 2 aromatic rings. The van der Waals surface area contributed by atoms with Crippen LogP contribution in [0.5, 0.6) is 0 Å². The Balaban J connectivity index is 1.71. The molecule has 0 saturated carbocycles. The van der Waals surface area contributed by atoms with Crippen molar-refractivity contribution in [3.8, 4) is 0 Å². The minimum absolute atomic E-state index is 0.0759. The molecule has 9 heteroatoms. The van der Waals surface area contributed by atoms with Gasteiger partial charge in [0.1, 0.15) is 11.6 Å². The van der Waals surface area contributed by atoms with Crippen molar-refractivity contribution in [3.05, 3.63) is 35.4 Å². The summed E-state index contributed by atoms with van der Waals surface area (Å²) in [5.41, 5.74) is 0.311. The number of carbonyl (C=O) groups is 1. The normalized spacial score (nSPS) is 18.5. The van der Waals surface area contributed by atoms with Crippen LogP contribution in [0.3, 0.4) is 0 Å². The first-order chi connectivity index (χ1) is 11.0. The van der Waals surface area contributed by atoms with Crippen molar-refractivity contribution >= 4 is 17.7 Å². The molecule has 1 fully saturated rings. The van der Waals surface area contributed by atoms with Gasteiger partial charge in [-0.25, -0.2) is 13.5 Å². The van der Waals surface area contributed by atoms with Crippen LogP contribution in [0.25, 0.3) is 0 Å². The van der Waals surface area contributed by atoms with Crippen molar-refractivity contribution < 1.29 is 13.6 Å². The highest BCUT2D eigenvalue weighted by atomic mass is 32.2. The Bertz CT molecular complexity index is 723. The topological polar surface area (TPSA) is 63.9 Å². The van der Waals surface area contributed by atoms with Gasteiger partial charge >= 0.3 is 0 Å². The Morgan fingerprint density at radius 3 is 2.91 bits per heavy atom. The van der Waals surface area contributed by atoms with E-state index in [2.05, 4.69) is 15.5 Å². The fourth-order valence-corrected chi connectivity index (χ4v) is 3.54. The van der Waals surface area contributed by atoms with Gasteiger partial charge in [-0.05, 0) is 29.3 Å². The molecule has 1 aromatic carbocycles. The van der Waals surface area contributed by atoms with E-state index < -0.39 is 11.6 Å². The fourth-order valence-electron chi connectivity index (χ4n) is 2.48. The van der Waals surface area contributed by atoms with Crippen LogP contribution >= 0.6 is 11.8 Å². The zero-order valence-electron chi connectivity index (χ0n) is 12.4. The predicted octanol–water partition coefficient (Wildman–Crippen LogP) is 1.77. The van der Waals surface area contributed by atoms with Crippen LogP contribution in [0.15, 0.2) is 23.4 Å². The molecule has 1 atom stereocenters. The molecule has 23 heavy (non-hydrogen) atoms. The summed E-state index contributed by atoms with van der Waals surface area (Å²) in [6.07, 6.45) is 1.54. The molecule has 2 heterocycles. The number of nitrogens with zero attached hydrogens (tertiary/aromatic N) is 5. The van der Waals surface area contributed by atoms with Crippen LogP contribution in [0, 0.1) is 11.6 Å². The molecule has 0 aliphatic carbocycles. The summed E-state index contributed by atoms with van der Waals surface area (Å²) in [5, 5.41) is 11.4. The predicted molar refractivity (Wildman–Crippen MR) is 79.5 cm³/mol. The lowest BCUT2D eigenvalue weighted by molar-refractivity contribution is -0.133. The van der Waals surface area contributed by atoms with Gasteiger partial charge in [-0.15, -0.1) is 5.10 Å². The van der Waals surface area contributed by atoms with Gasteiger partial charge in [0.2, 0.25) is 11.1 Å². The van der Waals surface area contributed by atoms with Gasteiger partial charge in [0.15, 0.2) is 0 Å². The summed E-state index contributed by atoms with van der Waals surface area (Å²) in [7, 11) is 1.71. The smallest absolute Gasteiger partial charge is 0.236 e. The lowest BCUT2D eigenvalue weighted by Crippen LogP contribution is -2.42. The second-order valence-electron chi connectivity index (χ2n) is 5.33. The van der Waals surface area contributed by atoms with E-state index in [0.717, 1.165) is 18.9 Å². The molecular weight excluding hydrogens is 324 g/mol. The minimum atomic E-state index is -0.634. The van der Waals surface area contributed by atoms with Gasteiger partial charge in [-0.1, -0.05) is 17.8 Å². The third-order valence-corrected chi connectivity index (χ3v) is 4.97. The SMILES string of the molecule is Cn1nnnc1S[C@H]1CCCN(Cc2ccc(F)cc2F)C1=O. The molecule has 1 aliphatic rings. The van der Waals surface area contributed by atoms with E-state index in [1.165, 1.54) is 28.6 Å². The van der Waals surface area contributed by atoms with Crippen molar-refractivity contribution in [3.63, 3.8) is 0 Å². The summed E-state index contributed by atoms with van der Waals surface area (Å²) in [6, 6.07) is 3.41. The van der Waals surface area contributed by atoms with Crippen LogP contribution in [0.4, 0.5) is 8.78 Å². The molecule has 1 saturated heterocycles. The fraction of sp³-hybridized carbons (Fsp3) is 0.429. The van der Waals surface area contributed by atoms with Crippen molar-refractivity contribution in [2.75, 3.05) is 6.54 Å². The molecule has 6 nitrogen and oxygen atoms in total. The molecule has 1 aromatic heterocycles. The largest absolute Gasteiger partial charge is 0.337 e. The quantitative estimate of drug-likeness (QED) is 0.849. The van der Waals surface area contributed by atoms with Crippen LogP contribution in [-0.2, 0) is 18.4 Å². The Morgan fingerprint density at radius 2 is 2.22 bits per heavy atom. The Morgan fingerprint density at radius 1 is 1.39 bits per heavy atom. The maximum atomic E-state index is 13.8. The second kappa shape index (κ2) is 6.61. The first-order valence-corrected chi connectivity index (χ1v) is 8.04. The number of benzene rings is 1. The number of amides is 1. The van der Waals surface area contributed by atoms with Crippen LogP contribution in [-0.4, -0.2) is 42.8 Å². The van der Waals surface area contributed by atoms with Crippen molar-refractivity contribution in [1.29, 1.82) is 0 Å². The highest BCUT2D eigenvalue weighted by molar-refractivity contribution is 8.00. The van der Waals surface area contributed by atoms with Gasteiger partial charge in [0, 0.05) is 31.8 Å². The summed E-state index contributed by atoms with van der Waals surface area (Å²) in [5.74, 6) is -1.34. The number of halogens is 2. The first-order valence-electron chi connectivity index (χ1n) is 7.16. The average molecular weight is 339 g/mol. The summed E-state index contributed by atoms with van der Waals surface area (Å²) >= 11 is 1.31. The molecule has 0 spiro atoms. The third-order valence-electron chi connectivity index (χ3n) is 3.69. The molecule has 122 valence electrons. The molecule has 1 aliphatic heterocycles. The van der Waals surface area contributed by atoms with Crippen molar-refractivity contribution in [1.82, 2.24) is 25.1 Å². The van der Waals surface area contributed by atoms with E-state index in [0.29, 0.717) is 17.3 Å². The number of aryl methyl sites for hydroxylation is 1. The van der Waals surface area contributed by atoms with Gasteiger partial charge in [0.25, 0.3) is 0 Å². The van der Waals surface area contributed by atoms with Crippen LogP contribution in [0.1, 0.15) is 18.4 Å². The number of hydrogen-bond acceptors (Lipinski definition) is 5. The molecular formula is C14H15F2N5OS. The number of thioether (sulfide) groups is 1. The summed E-state index contributed by atoms with van der Waals surface area (Å²) < 4.78 is 28.3. The molecule has 0 unspecified atom stereocenters. The third kappa shape index (κ3) is 3.49. The average Bonchev–Trinajstić information content (AvgIpc) is 2.91. The van der Waals surface area contributed by atoms with Crippen molar-refractivity contribution in [2.45, 2.75) is 29.8 Å². The number of tetrazole rings is 1. The number of aromatic nitrogens is 4. The Kier molecular flexibility index (Phi) is 4.56. The van der Waals surface area contributed by atoms with Crippen molar-refractivity contribution in [2.24, 2.45) is 7.05 Å². The van der Waals surface area contributed by atoms with E-state index in [9.17, 15) is 13.6 Å². The van der Waals surface area contributed by atoms with E-state index in [-0.39, 0.29) is 17.7 Å². The molecule has 3 rings (SSSR count). The van der Waals surface area contributed by atoms with E-state index >= 15 is 0 Å². The number of rotatable bonds is 4. The second-order valence-corrected chi connectivity index (χ2v) is 6.50. The maximum absolute atomic E-state index is 13.8. The Hall–Kier alpha value is -2.03.